The van der Waals surface area contributed by atoms with Crippen LogP contribution < -0.4 is 11.2 Å². The summed E-state index contributed by atoms with van der Waals surface area (Å²) in [6, 6.07) is 5.16. The van der Waals surface area contributed by atoms with Gasteiger partial charge in [0.1, 0.15) is 4.84 Å². The van der Waals surface area contributed by atoms with Gasteiger partial charge in [-0.3, -0.25) is 9.78 Å². The maximum atomic E-state index is 11.6. The lowest BCUT2D eigenvalue weighted by atomic mass is 10.1. The van der Waals surface area contributed by atoms with Crippen LogP contribution in [0.3, 0.4) is 0 Å². The molecule has 0 atom stereocenters. The van der Waals surface area contributed by atoms with Gasteiger partial charge in [-0.1, -0.05) is 12.1 Å². The molecule has 0 bridgehead atoms. The molecule has 2 aromatic rings. The summed E-state index contributed by atoms with van der Waals surface area (Å²) < 4.78 is 0. The van der Waals surface area contributed by atoms with Crippen molar-refractivity contribution < 1.29 is 0 Å². The molecular formula is C10H8Cl2N2O2. The second-order valence-corrected chi connectivity index (χ2v) is 4.62. The van der Waals surface area contributed by atoms with Crippen molar-refractivity contribution in [1.29, 1.82) is 0 Å². The van der Waals surface area contributed by atoms with E-state index in [1.54, 1.807) is 18.2 Å². The summed E-state index contributed by atoms with van der Waals surface area (Å²) in [7, 11) is 0. The second-order valence-electron chi connectivity index (χ2n) is 3.34. The Morgan fingerprint density at radius 3 is 2.62 bits per heavy atom. The minimum atomic E-state index is -0.586. The molecule has 1 aromatic carbocycles. The van der Waals surface area contributed by atoms with Gasteiger partial charge in [-0.15, -0.1) is 23.2 Å². The third-order valence-electron chi connectivity index (χ3n) is 2.23. The average Bonchev–Trinajstić information content (AvgIpc) is 2.15. The molecule has 0 aliphatic heterocycles. The first-order valence-corrected chi connectivity index (χ1v) is 5.47. The number of halogens is 2. The lowest BCUT2D eigenvalue weighted by molar-refractivity contribution is 1.05. The van der Waals surface area contributed by atoms with Crippen LogP contribution in [0.15, 0.2) is 27.8 Å². The standard InChI is InChI=1S/C10H8Cl2N2O2/c11-7(12)4-5-2-1-3-6-8(5)9(15)14-10(16)13-6/h1-3,7H,4H2,(H2,13,14,15,16). The van der Waals surface area contributed by atoms with Crippen LogP contribution in [0.25, 0.3) is 10.9 Å². The normalized spacial score (nSPS) is 11.2. The molecule has 0 saturated carbocycles. The first-order chi connectivity index (χ1) is 7.58. The van der Waals surface area contributed by atoms with Gasteiger partial charge in [-0.2, -0.15) is 0 Å². The number of aromatic amines is 2. The van der Waals surface area contributed by atoms with Crippen LogP contribution in [0, 0.1) is 0 Å². The fourth-order valence-corrected chi connectivity index (χ4v) is 1.96. The van der Waals surface area contributed by atoms with Crippen LogP contribution in [0.5, 0.6) is 0 Å². The van der Waals surface area contributed by atoms with Crippen LogP contribution in [-0.4, -0.2) is 14.8 Å². The Kier molecular flexibility index (Phi) is 3.03. The van der Waals surface area contributed by atoms with Crippen molar-refractivity contribution in [2.75, 3.05) is 0 Å². The van der Waals surface area contributed by atoms with Crippen molar-refractivity contribution in [2.45, 2.75) is 11.3 Å². The van der Waals surface area contributed by atoms with E-state index in [1.165, 1.54) is 0 Å². The van der Waals surface area contributed by atoms with Crippen molar-refractivity contribution in [1.82, 2.24) is 9.97 Å². The summed E-state index contributed by atoms with van der Waals surface area (Å²) in [6.07, 6.45) is 0.357. The van der Waals surface area contributed by atoms with Crippen LogP contribution in [0.4, 0.5) is 0 Å². The molecular weight excluding hydrogens is 251 g/mol. The van der Waals surface area contributed by atoms with Crippen molar-refractivity contribution in [3.63, 3.8) is 0 Å². The number of hydrogen-bond donors (Lipinski definition) is 2. The minimum absolute atomic E-state index is 0.357. The quantitative estimate of drug-likeness (QED) is 0.804. The van der Waals surface area contributed by atoms with Crippen LogP contribution in [0.2, 0.25) is 0 Å². The topological polar surface area (TPSA) is 65.7 Å². The highest BCUT2D eigenvalue weighted by atomic mass is 35.5. The molecule has 2 N–H and O–H groups in total. The van der Waals surface area contributed by atoms with E-state index in [2.05, 4.69) is 9.97 Å². The molecule has 0 unspecified atom stereocenters. The largest absolute Gasteiger partial charge is 0.326 e. The fraction of sp³-hybridized carbons (Fsp3) is 0.200. The van der Waals surface area contributed by atoms with Crippen molar-refractivity contribution in [2.24, 2.45) is 0 Å². The van der Waals surface area contributed by atoms with Crippen LogP contribution in [0.1, 0.15) is 5.56 Å². The maximum absolute atomic E-state index is 11.6. The molecule has 4 nitrogen and oxygen atoms in total. The number of nitrogens with one attached hydrogen (secondary N) is 2. The molecule has 0 aliphatic carbocycles. The number of benzene rings is 1. The van der Waals surface area contributed by atoms with Gasteiger partial charge in [0.25, 0.3) is 5.56 Å². The molecule has 6 heteroatoms. The van der Waals surface area contributed by atoms with E-state index in [4.69, 9.17) is 23.2 Å². The Balaban J connectivity index is 2.77. The van der Waals surface area contributed by atoms with Crippen LogP contribution >= 0.6 is 23.2 Å². The van der Waals surface area contributed by atoms with E-state index < -0.39 is 16.1 Å². The van der Waals surface area contributed by atoms with Gasteiger partial charge in [0.15, 0.2) is 0 Å². The molecule has 2 rings (SSSR count). The van der Waals surface area contributed by atoms with Crippen molar-refractivity contribution >= 4 is 34.1 Å². The summed E-state index contributed by atoms with van der Waals surface area (Å²) >= 11 is 11.4. The SMILES string of the molecule is O=c1[nH]c(=O)c2c(CC(Cl)Cl)cccc2[nH]1. The van der Waals surface area contributed by atoms with Crippen molar-refractivity contribution in [3.8, 4) is 0 Å². The first kappa shape index (κ1) is 11.2. The zero-order valence-electron chi connectivity index (χ0n) is 8.09. The van der Waals surface area contributed by atoms with E-state index >= 15 is 0 Å². The van der Waals surface area contributed by atoms with Gasteiger partial charge in [0.05, 0.1) is 10.9 Å². The highest BCUT2D eigenvalue weighted by molar-refractivity contribution is 6.44. The summed E-state index contributed by atoms with van der Waals surface area (Å²) in [4.78, 5) is 26.8. The number of alkyl halides is 2. The Morgan fingerprint density at radius 2 is 1.94 bits per heavy atom. The van der Waals surface area contributed by atoms with E-state index in [9.17, 15) is 9.59 Å². The Labute approximate surface area is 100 Å². The Bertz CT molecular complexity index is 630. The summed E-state index contributed by atoms with van der Waals surface area (Å²) in [5, 5.41) is 0.424. The number of aromatic nitrogens is 2. The van der Waals surface area contributed by atoms with Gasteiger partial charge >= 0.3 is 5.69 Å². The van der Waals surface area contributed by atoms with Gasteiger partial charge in [0.2, 0.25) is 0 Å². The third kappa shape index (κ3) is 2.13. The highest BCUT2D eigenvalue weighted by Crippen LogP contribution is 2.17. The molecule has 1 aromatic heterocycles. The van der Waals surface area contributed by atoms with E-state index in [1.807, 2.05) is 0 Å². The lowest BCUT2D eigenvalue weighted by Crippen LogP contribution is -2.23. The number of hydrogen-bond acceptors (Lipinski definition) is 2. The van der Waals surface area contributed by atoms with E-state index in [-0.39, 0.29) is 0 Å². The first-order valence-electron chi connectivity index (χ1n) is 4.60. The van der Waals surface area contributed by atoms with Crippen molar-refractivity contribution in [3.05, 3.63) is 44.6 Å². The lowest BCUT2D eigenvalue weighted by Gasteiger charge is -2.05. The smallest absolute Gasteiger partial charge is 0.307 e. The van der Waals surface area contributed by atoms with E-state index in [0.717, 1.165) is 0 Å². The average molecular weight is 259 g/mol. The van der Waals surface area contributed by atoms with Crippen LogP contribution in [-0.2, 0) is 6.42 Å². The highest BCUT2D eigenvalue weighted by Gasteiger charge is 2.09. The molecule has 1 heterocycles. The molecule has 0 saturated heterocycles. The minimum Gasteiger partial charge on any atom is -0.307 e. The molecule has 0 radical (unpaired) electrons. The fourth-order valence-electron chi connectivity index (χ4n) is 1.63. The summed E-state index contributed by atoms with van der Waals surface area (Å²) in [5.74, 6) is 0. The monoisotopic (exact) mass is 258 g/mol. The molecule has 0 amide bonds. The van der Waals surface area contributed by atoms with Gasteiger partial charge in [-0.25, -0.2) is 4.79 Å². The predicted molar refractivity (Wildman–Crippen MR) is 64.4 cm³/mol. The zero-order valence-corrected chi connectivity index (χ0v) is 9.60. The molecule has 0 spiro atoms. The molecule has 16 heavy (non-hydrogen) atoms. The maximum Gasteiger partial charge on any atom is 0.326 e. The van der Waals surface area contributed by atoms with Gasteiger partial charge < -0.3 is 4.98 Å². The van der Waals surface area contributed by atoms with Gasteiger partial charge in [-0.05, 0) is 11.6 Å². The number of rotatable bonds is 2. The second kappa shape index (κ2) is 4.31. The molecule has 84 valence electrons. The predicted octanol–water partition coefficient (Wildman–Crippen LogP) is 1.56. The molecule has 0 aliphatic rings. The summed E-state index contributed by atoms with van der Waals surface area (Å²) in [5.41, 5.74) is 0.247. The Hall–Kier alpha value is -1.26. The molecule has 0 fully saturated rings. The third-order valence-corrected chi connectivity index (χ3v) is 2.54. The zero-order chi connectivity index (χ0) is 11.7. The Morgan fingerprint density at radius 1 is 1.19 bits per heavy atom. The van der Waals surface area contributed by atoms with Gasteiger partial charge in [0, 0.05) is 6.42 Å². The summed E-state index contributed by atoms with van der Waals surface area (Å²) in [6.45, 7) is 0. The number of H-pyrrole nitrogens is 2. The van der Waals surface area contributed by atoms with E-state index in [0.29, 0.717) is 22.9 Å². The number of fused-ring (bicyclic) bond motifs is 1.